The standard InChI is InChI=1S/C21H21N9O4S2/c1-9-24-11-3-2-10(4-15(11)36-9)29-8-23-27-20(29)19-18(33)16(17(32)14(6-31)34-19)30-5-12(26-28-30)13-7-35-21(22)25-13/h2-5,7-8,14,16-19,31-33H,6H2,1H3,(H2,22,25)/t14?,16-,17-,18?,19+/m0/s1. The molecule has 5 atom stereocenters. The Labute approximate surface area is 211 Å². The van der Waals surface area contributed by atoms with Crippen molar-refractivity contribution < 1.29 is 20.1 Å². The van der Waals surface area contributed by atoms with Crippen LogP contribution in [-0.4, -0.2) is 80.0 Å². The number of benzene rings is 1. The first-order valence-corrected chi connectivity index (χ1v) is 12.7. The maximum Gasteiger partial charge on any atom is 0.180 e. The van der Waals surface area contributed by atoms with E-state index in [0.717, 1.165) is 20.9 Å². The number of rotatable bonds is 5. The maximum atomic E-state index is 11.4. The average molecular weight is 528 g/mol. The minimum atomic E-state index is -1.30. The van der Waals surface area contributed by atoms with Gasteiger partial charge < -0.3 is 25.8 Å². The second-order valence-corrected chi connectivity index (χ2v) is 10.5. The molecule has 4 aromatic heterocycles. The number of aromatic nitrogens is 8. The van der Waals surface area contributed by atoms with E-state index < -0.39 is 37.1 Å². The van der Waals surface area contributed by atoms with Crippen molar-refractivity contribution in [1.82, 2.24) is 39.7 Å². The number of aliphatic hydroxyl groups excluding tert-OH is 3. The number of anilines is 1. The molecule has 5 heterocycles. The molecule has 13 nitrogen and oxygen atoms in total. The van der Waals surface area contributed by atoms with Crippen LogP contribution in [0.1, 0.15) is 23.0 Å². The van der Waals surface area contributed by atoms with Crippen molar-refractivity contribution in [2.75, 3.05) is 12.3 Å². The van der Waals surface area contributed by atoms with E-state index in [1.54, 1.807) is 27.5 Å². The number of ether oxygens (including phenoxy) is 1. The van der Waals surface area contributed by atoms with E-state index in [9.17, 15) is 15.3 Å². The number of thiazole rings is 2. The SMILES string of the molecule is Cc1nc2ccc(-n3cnnc3[C@@H]3OC(CO)[C@H](O)[C@H](n4cc(-c5csc(N)n5)nn4)C3O)cc2s1. The number of hydrogen-bond acceptors (Lipinski definition) is 13. The number of aryl methyl sites for hydroxylation is 1. The summed E-state index contributed by atoms with van der Waals surface area (Å²) in [4.78, 5) is 8.69. The lowest BCUT2D eigenvalue weighted by Gasteiger charge is -2.41. The van der Waals surface area contributed by atoms with Crippen LogP contribution in [-0.2, 0) is 4.74 Å². The van der Waals surface area contributed by atoms with Crippen LogP contribution in [0.15, 0.2) is 36.1 Å². The Hall–Kier alpha value is -3.34. The highest BCUT2D eigenvalue weighted by atomic mass is 32.1. The second-order valence-electron chi connectivity index (χ2n) is 8.35. The zero-order chi connectivity index (χ0) is 25.0. The topological polar surface area (TPSA) is 183 Å². The number of nitrogens with two attached hydrogens (primary N) is 1. The van der Waals surface area contributed by atoms with Gasteiger partial charge in [0.25, 0.3) is 0 Å². The maximum absolute atomic E-state index is 11.4. The van der Waals surface area contributed by atoms with Crippen LogP contribution >= 0.6 is 22.7 Å². The Morgan fingerprint density at radius 1 is 1.14 bits per heavy atom. The summed E-state index contributed by atoms with van der Waals surface area (Å²) in [7, 11) is 0. The summed E-state index contributed by atoms with van der Waals surface area (Å²) in [5, 5.41) is 51.8. The zero-order valence-corrected chi connectivity index (χ0v) is 20.4. The van der Waals surface area contributed by atoms with Crippen LogP contribution < -0.4 is 5.73 Å². The summed E-state index contributed by atoms with van der Waals surface area (Å²) in [6.45, 7) is 1.46. The first-order chi connectivity index (χ1) is 17.4. The largest absolute Gasteiger partial charge is 0.394 e. The van der Waals surface area contributed by atoms with Gasteiger partial charge in [0.05, 0.1) is 28.0 Å². The molecule has 6 rings (SSSR count). The number of nitrogens with zero attached hydrogens (tertiary/aromatic N) is 8. The van der Waals surface area contributed by atoms with Gasteiger partial charge in [0.15, 0.2) is 11.0 Å². The summed E-state index contributed by atoms with van der Waals surface area (Å²) in [6.07, 6.45) is -1.52. The Morgan fingerprint density at radius 2 is 2.00 bits per heavy atom. The molecule has 0 amide bonds. The van der Waals surface area contributed by atoms with Gasteiger partial charge in [-0.1, -0.05) is 5.21 Å². The summed E-state index contributed by atoms with van der Waals surface area (Å²) < 4.78 is 9.98. The predicted octanol–water partition coefficient (Wildman–Crippen LogP) is 0.878. The number of hydrogen-bond donors (Lipinski definition) is 4. The quantitative estimate of drug-likeness (QED) is 0.254. The number of nitrogen functional groups attached to an aromatic ring is 1. The highest BCUT2D eigenvalue weighted by Gasteiger charge is 2.48. The summed E-state index contributed by atoms with van der Waals surface area (Å²) in [5.74, 6) is 0.311. The molecular formula is C21H21N9O4S2. The normalized spacial score (nSPS) is 24.5. The summed E-state index contributed by atoms with van der Waals surface area (Å²) >= 11 is 2.83. The van der Waals surface area contributed by atoms with Gasteiger partial charge in [-0.15, -0.1) is 38.0 Å². The fraction of sp³-hybridized carbons (Fsp3) is 0.333. The molecule has 1 saturated heterocycles. The third kappa shape index (κ3) is 3.85. The van der Waals surface area contributed by atoms with Gasteiger partial charge in [0.1, 0.15) is 48.2 Å². The van der Waals surface area contributed by atoms with Gasteiger partial charge in [0.2, 0.25) is 0 Å². The molecule has 0 spiro atoms. The Balaban J connectivity index is 1.37. The highest BCUT2D eigenvalue weighted by molar-refractivity contribution is 7.18. The predicted molar refractivity (Wildman–Crippen MR) is 131 cm³/mol. The van der Waals surface area contributed by atoms with Crippen molar-refractivity contribution in [3.8, 4) is 17.1 Å². The lowest BCUT2D eigenvalue weighted by molar-refractivity contribution is -0.210. The van der Waals surface area contributed by atoms with Crippen molar-refractivity contribution in [3.05, 3.63) is 46.9 Å². The lowest BCUT2D eigenvalue weighted by Crippen LogP contribution is -2.53. The monoisotopic (exact) mass is 527 g/mol. The van der Waals surface area contributed by atoms with Crippen LogP contribution in [0.5, 0.6) is 0 Å². The molecule has 0 saturated carbocycles. The van der Waals surface area contributed by atoms with Crippen molar-refractivity contribution in [1.29, 1.82) is 0 Å². The molecule has 1 aromatic carbocycles. The van der Waals surface area contributed by atoms with Crippen molar-refractivity contribution in [3.63, 3.8) is 0 Å². The van der Waals surface area contributed by atoms with E-state index in [2.05, 4.69) is 30.5 Å². The van der Waals surface area contributed by atoms with Crippen LogP contribution in [0.4, 0.5) is 5.13 Å². The number of fused-ring (bicyclic) bond motifs is 1. The smallest absolute Gasteiger partial charge is 0.180 e. The van der Waals surface area contributed by atoms with Gasteiger partial charge in [-0.3, -0.25) is 4.57 Å². The van der Waals surface area contributed by atoms with Crippen LogP contribution in [0.2, 0.25) is 0 Å². The molecule has 0 radical (unpaired) electrons. The molecule has 1 aliphatic heterocycles. The fourth-order valence-electron chi connectivity index (χ4n) is 4.39. The van der Waals surface area contributed by atoms with Gasteiger partial charge in [-0.05, 0) is 25.1 Å². The van der Waals surface area contributed by atoms with Gasteiger partial charge in [0, 0.05) is 11.1 Å². The third-order valence-electron chi connectivity index (χ3n) is 6.08. The molecule has 15 heteroatoms. The van der Waals surface area contributed by atoms with Crippen molar-refractivity contribution in [2.24, 2.45) is 0 Å². The van der Waals surface area contributed by atoms with Crippen LogP contribution in [0.3, 0.4) is 0 Å². The third-order valence-corrected chi connectivity index (χ3v) is 7.69. The Morgan fingerprint density at radius 3 is 2.78 bits per heavy atom. The van der Waals surface area contributed by atoms with Gasteiger partial charge >= 0.3 is 0 Å². The molecule has 1 fully saturated rings. The second kappa shape index (κ2) is 8.95. The molecule has 0 bridgehead atoms. The van der Waals surface area contributed by atoms with Gasteiger partial charge in [-0.2, -0.15) is 0 Å². The van der Waals surface area contributed by atoms with E-state index >= 15 is 0 Å². The lowest BCUT2D eigenvalue weighted by atomic mass is 9.92. The van der Waals surface area contributed by atoms with Gasteiger partial charge in [-0.25, -0.2) is 14.6 Å². The van der Waals surface area contributed by atoms with E-state index in [4.69, 9.17) is 10.5 Å². The molecule has 2 unspecified atom stereocenters. The molecule has 186 valence electrons. The highest BCUT2D eigenvalue weighted by Crippen LogP contribution is 2.38. The molecule has 5 aromatic rings. The first kappa shape index (κ1) is 23.1. The first-order valence-electron chi connectivity index (χ1n) is 11.0. The minimum Gasteiger partial charge on any atom is -0.394 e. The number of aliphatic hydroxyl groups is 3. The van der Waals surface area contributed by atoms with E-state index in [1.807, 2.05) is 25.1 Å². The molecule has 5 N–H and O–H groups in total. The van der Waals surface area contributed by atoms with E-state index in [1.165, 1.54) is 22.3 Å². The summed E-state index contributed by atoms with van der Waals surface area (Å²) in [6, 6.07) is 4.75. The van der Waals surface area contributed by atoms with Crippen LogP contribution in [0, 0.1) is 6.92 Å². The zero-order valence-electron chi connectivity index (χ0n) is 18.8. The van der Waals surface area contributed by atoms with E-state index in [-0.39, 0.29) is 0 Å². The minimum absolute atomic E-state index is 0.311. The Bertz CT molecular complexity index is 1530. The van der Waals surface area contributed by atoms with Crippen LogP contribution in [0.25, 0.3) is 27.3 Å². The molecule has 1 aliphatic rings. The molecule has 0 aliphatic carbocycles. The molecule has 36 heavy (non-hydrogen) atoms. The molecular weight excluding hydrogens is 506 g/mol. The van der Waals surface area contributed by atoms with Crippen molar-refractivity contribution >= 4 is 38.0 Å². The summed E-state index contributed by atoms with van der Waals surface area (Å²) in [5.41, 5.74) is 8.33. The fourth-order valence-corrected chi connectivity index (χ4v) is 5.81. The van der Waals surface area contributed by atoms with Crippen molar-refractivity contribution in [2.45, 2.75) is 37.4 Å². The Kier molecular flexibility index (Phi) is 5.74. The average Bonchev–Trinajstić information content (AvgIpc) is 3.65. The van der Waals surface area contributed by atoms with E-state index in [0.29, 0.717) is 22.3 Å².